The van der Waals surface area contributed by atoms with Gasteiger partial charge < -0.3 is 4.74 Å². The van der Waals surface area contributed by atoms with Gasteiger partial charge in [-0.25, -0.2) is 9.79 Å². The molecule has 1 aromatic carbocycles. The fraction of sp³-hybridized carbons (Fsp3) is 0.154. The van der Waals surface area contributed by atoms with Gasteiger partial charge in [-0.3, -0.25) is 4.79 Å². The number of hydrogen-bond donors (Lipinski definition) is 0. The van der Waals surface area contributed by atoms with Crippen molar-refractivity contribution in [3.8, 4) is 0 Å². The van der Waals surface area contributed by atoms with Gasteiger partial charge in [0, 0.05) is 11.3 Å². The van der Waals surface area contributed by atoms with Crippen LogP contribution in [0.4, 0.5) is 0 Å². The smallest absolute Gasteiger partial charge is 0.335 e. The number of carbonyl (C=O) groups excluding carboxylic acids is 2. The Morgan fingerprint density at radius 1 is 1.24 bits per heavy atom. The van der Waals surface area contributed by atoms with Crippen LogP contribution in [0.15, 0.2) is 40.9 Å². The maximum Gasteiger partial charge on any atom is 0.335 e. The second-order valence-electron chi connectivity index (χ2n) is 4.07. The van der Waals surface area contributed by atoms with Crippen molar-refractivity contribution >= 4 is 17.6 Å². The second-order valence-corrected chi connectivity index (χ2v) is 4.07. The number of carbonyl (C=O) groups is 2. The Balaban J connectivity index is 2.40. The first-order valence-corrected chi connectivity index (χ1v) is 5.28. The topological polar surface area (TPSA) is 55.7 Å². The lowest BCUT2D eigenvalue weighted by molar-refractivity contribution is -0.133. The summed E-state index contributed by atoms with van der Waals surface area (Å²) < 4.78 is 5.18. The Morgan fingerprint density at radius 3 is 2.82 bits per heavy atom. The molecule has 0 spiro atoms. The number of esters is 1. The van der Waals surface area contributed by atoms with Gasteiger partial charge in [0.1, 0.15) is 11.7 Å². The molecule has 0 aliphatic carbocycles. The van der Waals surface area contributed by atoms with E-state index in [1.807, 2.05) is 6.07 Å². The molecule has 0 fully saturated rings. The molecule has 1 atom stereocenters. The number of fused-ring (bicyclic) bond motifs is 2. The average Bonchev–Trinajstić information content (AvgIpc) is 2.28. The molecule has 1 amide bonds. The van der Waals surface area contributed by atoms with Crippen LogP contribution in [-0.4, -0.2) is 11.9 Å². The molecular formula is C13H9NO3. The Labute approximate surface area is 96.9 Å². The van der Waals surface area contributed by atoms with Crippen LogP contribution in [0.2, 0.25) is 0 Å². The number of benzene rings is 1. The zero-order valence-electron chi connectivity index (χ0n) is 9.14. The third-order valence-electron chi connectivity index (χ3n) is 2.92. The Hall–Kier alpha value is -2.23. The van der Waals surface area contributed by atoms with E-state index in [9.17, 15) is 9.59 Å². The number of nitrogens with zero attached hydrogens (tertiary/aromatic N) is 1. The van der Waals surface area contributed by atoms with Crippen molar-refractivity contribution in [2.75, 3.05) is 0 Å². The van der Waals surface area contributed by atoms with Crippen LogP contribution in [0.25, 0.3) is 5.76 Å². The highest BCUT2D eigenvalue weighted by Gasteiger charge is 2.34. The van der Waals surface area contributed by atoms with Gasteiger partial charge in [0.05, 0.1) is 5.36 Å². The molecule has 0 bridgehead atoms. The zero-order valence-corrected chi connectivity index (χ0v) is 9.14. The number of ether oxygens (including phenoxy) is 1. The van der Waals surface area contributed by atoms with Crippen molar-refractivity contribution in [3.63, 3.8) is 0 Å². The van der Waals surface area contributed by atoms with E-state index in [1.54, 1.807) is 25.1 Å². The van der Waals surface area contributed by atoms with E-state index in [0.717, 1.165) is 5.22 Å². The fourth-order valence-corrected chi connectivity index (χ4v) is 2.15. The Kier molecular flexibility index (Phi) is 1.98. The molecule has 1 aromatic rings. The predicted molar refractivity (Wildman–Crippen MR) is 59.0 cm³/mol. The first-order valence-electron chi connectivity index (χ1n) is 5.28. The van der Waals surface area contributed by atoms with Crippen LogP contribution in [0.3, 0.4) is 0 Å². The van der Waals surface area contributed by atoms with E-state index < -0.39 is 11.9 Å². The second kappa shape index (κ2) is 3.38. The predicted octanol–water partition coefficient (Wildman–Crippen LogP) is 0.0739. The minimum absolute atomic E-state index is 0.278. The lowest BCUT2D eigenvalue weighted by Gasteiger charge is -2.23. The molecule has 2 heterocycles. The van der Waals surface area contributed by atoms with Gasteiger partial charge >= 0.3 is 5.97 Å². The molecule has 2 aliphatic rings. The summed E-state index contributed by atoms with van der Waals surface area (Å²) in [5.41, 5.74) is 0.680. The molecule has 4 nitrogen and oxygen atoms in total. The summed E-state index contributed by atoms with van der Waals surface area (Å²) in [4.78, 5) is 27.3. The van der Waals surface area contributed by atoms with E-state index in [2.05, 4.69) is 4.99 Å². The first kappa shape index (κ1) is 9.96. The van der Waals surface area contributed by atoms with Gasteiger partial charge in [-0.15, -0.1) is 0 Å². The molecule has 0 radical (unpaired) electrons. The van der Waals surface area contributed by atoms with Crippen LogP contribution >= 0.6 is 0 Å². The van der Waals surface area contributed by atoms with E-state index in [4.69, 9.17) is 4.74 Å². The van der Waals surface area contributed by atoms with Crippen molar-refractivity contribution in [1.29, 1.82) is 0 Å². The molecule has 84 valence electrons. The molecular weight excluding hydrogens is 218 g/mol. The van der Waals surface area contributed by atoms with Gasteiger partial charge in [0.15, 0.2) is 0 Å². The fourth-order valence-electron chi connectivity index (χ4n) is 2.15. The third kappa shape index (κ3) is 1.41. The normalized spacial score (nSPS) is 22.1. The summed E-state index contributed by atoms with van der Waals surface area (Å²) in [6, 6.07) is 7.16. The van der Waals surface area contributed by atoms with E-state index >= 15 is 0 Å². The quantitative estimate of drug-likeness (QED) is 0.589. The van der Waals surface area contributed by atoms with Crippen molar-refractivity contribution in [3.05, 3.63) is 46.5 Å². The lowest BCUT2D eigenvalue weighted by Crippen LogP contribution is -2.40. The number of hydrogen-bond acceptors (Lipinski definition) is 3. The summed E-state index contributed by atoms with van der Waals surface area (Å²) in [6.45, 7) is 1.74. The van der Waals surface area contributed by atoms with E-state index in [1.165, 1.54) is 6.08 Å². The summed E-state index contributed by atoms with van der Waals surface area (Å²) in [6.07, 6.45) is 1.34. The van der Waals surface area contributed by atoms with Crippen molar-refractivity contribution in [2.24, 2.45) is 10.9 Å². The Morgan fingerprint density at radius 2 is 2.00 bits per heavy atom. The minimum atomic E-state index is -0.539. The molecule has 0 N–H and O–H groups in total. The monoisotopic (exact) mass is 227 g/mol. The minimum Gasteiger partial charge on any atom is -0.426 e. The van der Waals surface area contributed by atoms with Gasteiger partial charge in [-0.1, -0.05) is 12.1 Å². The van der Waals surface area contributed by atoms with Crippen molar-refractivity contribution in [1.82, 2.24) is 0 Å². The maximum atomic E-state index is 11.9. The van der Waals surface area contributed by atoms with Crippen molar-refractivity contribution in [2.45, 2.75) is 6.92 Å². The summed E-state index contributed by atoms with van der Waals surface area (Å²) >= 11 is 0. The largest absolute Gasteiger partial charge is 0.426 e. The van der Waals surface area contributed by atoms with Crippen molar-refractivity contribution < 1.29 is 14.3 Å². The molecule has 17 heavy (non-hydrogen) atoms. The van der Waals surface area contributed by atoms with Crippen LogP contribution < -0.4 is 10.6 Å². The molecule has 4 heteroatoms. The van der Waals surface area contributed by atoms with Gasteiger partial charge in [0.25, 0.3) is 5.91 Å². The molecule has 1 unspecified atom stereocenters. The van der Waals surface area contributed by atoms with E-state index in [-0.39, 0.29) is 5.91 Å². The van der Waals surface area contributed by atoms with Gasteiger partial charge in [-0.2, -0.15) is 0 Å². The molecule has 0 saturated heterocycles. The lowest BCUT2D eigenvalue weighted by atomic mass is 9.92. The van der Waals surface area contributed by atoms with Crippen LogP contribution in [0.5, 0.6) is 0 Å². The van der Waals surface area contributed by atoms with Crippen LogP contribution in [0.1, 0.15) is 6.92 Å². The average molecular weight is 227 g/mol. The first-order chi connectivity index (χ1) is 8.16. The molecule has 0 aromatic heterocycles. The number of para-hydroxylation sites is 1. The third-order valence-corrected chi connectivity index (χ3v) is 2.92. The summed E-state index contributed by atoms with van der Waals surface area (Å²) in [5.74, 6) is -0.841. The summed E-state index contributed by atoms with van der Waals surface area (Å²) in [7, 11) is 0. The molecule has 3 rings (SSSR count). The van der Waals surface area contributed by atoms with Gasteiger partial charge in [0.2, 0.25) is 0 Å². The standard InChI is InChI=1S/C13H9NO3/c1-7-6-10(15)17-12-8-4-2-3-5-9(8)14-13(16)11(7)12/h2-6,11H,1H3. The van der Waals surface area contributed by atoms with Crippen LogP contribution in [0, 0.1) is 5.92 Å². The zero-order chi connectivity index (χ0) is 12.0. The van der Waals surface area contributed by atoms with Crippen LogP contribution in [-0.2, 0) is 14.3 Å². The number of amides is 1. The molecule has 0 saturated carbocycles. The summed E-state index contributed by atoms with van der Waals surface area (Å²) in [5, 5.41) is 1.28. The Bertz CT molecular complexity index is 685. The van der Waals surface area contributed by atoms with E-state index in [0.29, 0.717) is 16.7 Å². The highest BCUT2D eigenvalue weighted by Crippen LogP contribution is 2.28. The SMILES string of the molecule is CC1=CC(=O)OC2=c3ccccc3=NC(=O)C12. The van der Waals surface area contributed by atoms with Gasteiger partial charge in [-0.05, 0) is 24.6 Å². The highest BCUT2D eigenvalue weighted by molar-refractivity contribution is 5.99. The maximum absolute atomic E-state index is 11.9. The molecule has 2 aliphatic heterocycles. The highest BCUT2D eigenvalue weighted by atomic mass is 16.5. The number of rotatable bonds is 0.